The molecule has 19 heavy (non-hydrogen) atoms. The van der Waals surface area contributed by atoms with Crippen molar-refractivity contribution in [3.8, 4) is 0 Å². The molecule has 3 heteroatoms. The van der Waals surface area contributed by atoms with Crippen molar-refractivity contribution in [2.24, 2.45) is 0 Å². The third-order valence-electron chi connectivity index (χ3n) is 4.05. The van der Waals surface area contributed by atoms with Crippen LogP contribution in [0.1, 0.15) is 25.7 Å². The molecule has 0 radical (unpaired) electrons. The highest BCUT2D eigenvalue weighted by atomic mass is 16.1. The lowest BCUT2D eigenvalue weighted by atomic mass is 9.93. The summed E-state index contributed by atoms with van der Waals surface area (Å²) in [6, 6.07) is 10.8. The fourth-order valence-electron chi connectivity index (χ4n) is 2.87. The van der Waals surface area contributed by atoms with E-state index in [1.165, 1.54) is 10.8 Å². The third-order valence-corrected chi connectivity index (χ3v) is 4.05. The number of anilines is 1. The van der Waals surface area contributed by atoms with Gasteiger partial charge in [0.05, 0.1) is 0 Å². The average molecular weight is 254 g/mol. The van der Waals surface area contributed by atoms with Crippen LogP contribution in [0.25, 0.3) is 10.8 Å². The number of Topliss-reactive ketones (excluding diaryl/α,β-unsaturated/α-hetero) is 1. The topological polar surface area (TPSA) is 33.2 Å². The molecule has 3 rings (SSSR count). The Labute approximate surface area is 113 Å². The molecule has 1 aliphatic rings. The zero-order valence-corrected chi connectivity index (χ0v) is 11.2. The van der Waals surface area contributed by atoms with Gasteiger partial charge >= 0.3 is 0 Å². The SMILES string of the molecule is CN(c1nccc2ccccc12)C1CCC(=O)CC1. The Morgan fingerprint density at radius 1 is 1.16 bits per heavy atom. The van der Waals surface area contributed by atoms with Gasteiger partial charge < -0.3 is 4.90 Å². The van der Waals surface area contributed by atoms with Crippen LogP contribution in [0.3, 0.4) is 0 Å². The lowest BCUT2D eigenvalue weighted by Gasteiger charge is -2.32. The number of pyridine rings is 1. The van der Waals surface area contributed by atoms with Gasteiger partial charge in [-0.25, -0.2) is 4.98 Å². The van der Waals surface area contributed by atoms with Gasteiger partial charge in [-0.2, -0.15) is 0 Å². The van der Waals surface area contributed by atoms with E-state index in [0.29, 0.717) is 24.7 Å². The summed E-state index contributed by atoms with van der Waals surface area (Å²) in [5.74, 6) is 1.42. The molecule has 1 aliphatic carbocycles. The largest absolute Gasteiger partial charge is 0.356 e. The van der Waals surface area contributed by atoms with Crippen molar-refractivity contribution >= 4 is 22.4 Å². The van der Waals surface area contributed by atoms with Crippen molar-refractivity contribution in [1.29, 1.82) is 0 Å². The Hall–Kier alpha value is -1.90. The lowest BCUT2D eigenvalue weighted by Crippen LogP contribution is -2.35. The van der Waals surface area contributed by atoms with E-state index in [1.54, 1.807) is 0 Å². The number of hydrogen-bond donors (Lipinski definition) is 0. The number of rotatable bonds is 2. The van der Waals surface area contributed by atoms with Crippen molar-refractivity contribution in [3.05, 3.63) is 36.5 Å². The molecule has 0 N–H and O–H groups in total. The molecule has 1 aromatic heterocycles. The first-order valence-corrected chi connectivity index (χ1v) is 6.84. The number of nitrogens with zero attached hydrogens (tertiary/aromatic N) is 2. The number of carbonyl (C=O) groups excluding carboxylic acids is 1. The second kappa shape index (κ2) is 5.00. The van der Waals surface area contributed by atoms with E-state index >= 15 is 0 Å². The highest BCUT2D eigenvalue weighted by Gasteiger charge is 2.23. The Morgan fingerprint density at radius 2 is 1.89 bits per heavy atom. The molecule has 2 aromatic rings. The zero-order valence-electron chi connectivity index (χ0n) is 11.2. The minimum absolute atomic E-state index is 0.399. The monoisotopic (exact) mass is 254 g/mol. The second-order valence-electron chi connectivity index (χ2n) is 5.24. The highest BCUT2D eigenvalue weighted by Crippen LogP contribution is 2.28. The average Bonchev–Trinajstić information content (AvgIpc) is 2.47. The van der Waals surface area contributed by atoms with Gasteiger partial charge in [0, 0.05) is 37.5 Å². The molecule has 1 fully saturated rings. The van der Waals surface area contributed by atoms with Gasteiger partial charge in [-0.3, -0.25) is 4.79 Å². The van der Waals surface area contributed by atoms with Crippen LogP contribution in [-0.2, 0) is 4.79 Å². The molecular formula is C16H18N2O. The summed E-state index contributed by atoms with van der Waals surface area (Å²) in [5, 5.41) is 2.40. The molecule has 1 heterocycles. The summed E-state index contributed by atoms with van der Waals surface area (Å²) in [6.45, 7) is 0. The summed E-state index contributed by atoms with van der Waals surface area (Å²) in [4.78, 5) is 18.1. The first-order valence-electron chi connectivity index (χ1n) is 6.84. The fraction of sp³-hybridized carbons (Fsp3) is 0.375. The van der Waals surface area contributed by atoms with E-state index in [-0.39, 0.29) is 0 Å². The van der Waals surface area contributed by atoms with Gasteiger partial charge in [-0.05, 0) is 24.3 Å². The van der Waals surface area contributed by atoms with Gasteiger partial charge in [-0.1, -0.05) is 24.3 Å². The molecular weight excluding hydrogens is 236 g/mol. The molecule has 0 bridgehead atoms. The normalized spacial score (nSPS) is 16.8. The number of aromatic nitrogens is 1. The van der Waals surface area contributed by atoms with Crippen molar-refractivity contribution in [2.45, 2.75) is 31.7 Å². The van der Waals surface area contributed by atoms with Crippen LogP contribution in [0.2, 0.25) is 0 Å². The Bertz CT molecular complexity index is 593. The molecule has 0 spiro atoms. The van der Waals surface area contributed by atoms with Crippen LogP contribution < -0.4 is 4.90 Å². The summed E-state index contributed by atoms with van der Waals surface area (Å²) in [5.41, 5.74) is 0. The quantitative estimate of drug-likeness (QED) is 0.825. The minimum atomic E-state index is 0.399. The number of ketones is 1. The van der Waals surface area contributed by atoms with Crippen LogP contribution in [0.4, 0.5) is 5.82 Å². The maximum absolute atomic E-state index is 11.3. The van der Waals surface area contributed by atoms with E-state index in [2.05, 4.69) is 29.1 Å². The van der Waals surface area contributed by atoms with Gasteiger partial charge in [-0.15, -0.1) is 0 Å². The molecule has 1 aromatic carbocycles. The maximum Gasteiger partial charge on any atom is 0.136 e. The molecule has 0 unspecified atom stereocenters. The first kappa shape index (κ1) is 12.2. The van der Waals surface area contributed by atoms with Gasteiger partial charge in [0.2, 0.25) is 0 Å². The summed E-state index contributed by atoms with van der Waals surface area (Å²) < 4.78 is 0. The Morgan fingerprint density at radius 3 is 2.68 bits per heavy atom. The zero-order chi connectivity index (χ0) is 13.2. The number of hydrogen-bond acceptors (Lipinski definition) is 3. The van der Waals surface area contributed by atoms with Crippen LogP contribution >= 0.6 is 0 Å². The van der Waals surface area contributed by atoms with E-state index in [4.69, 9.17) is 0 Å². The van der Waals surface area contributed by atoms with Gasteiger partial charge in [0.15, 0.2) is 0 Å². The van der Waals surface area contributed by atoms with Crippen molar-refractivity contribution in [3.63, 3.8) is 0 Å². The van der Waals surface area contributed by atoms with Crippen molar-refractivity contribution in [2.75, 3.05) is 11.9 Å². The van der Waals surface area contributed by atoms with Crippen LogP contribution in [0, 0.1) is 0 Å². The van der Waals surface area contributed by atoms with E-state index in [0.717, 1.165) is 18.7 Å². The van der Waals surface area contributed by atoms with Gasteiger partial charge in [0.25, 0.3) is 0 Å². The smallest absolute Gasteiger partial charge is 0.136 e. The molecule has 0 atom stereocenters. The first-order chi connectivity index (χ1) is 9.25. The minimum Gasteiger partial charge on any atom is -0.356 e. The van der Waals surface area contributed by atoms with E-state index in [9.17, 15) is 4.79 Å². The summed E-state index contributed by atoms with van der Waals surface area (Å²) >= 11 is 0. The standard InChI is InChI=1S/C16H18N2O/c1-18(13-6-8-14(19)9-7-13)16-15-5-3-2-4-12(15)10-11-17-16/h2-5,10-11,13H,6-9H2,1H3. The second-order valence-corrected chi connectivity index (χ2v) is 5.24. The fourth-order valence-corrected chi connectivity index (χ4v) is 2.87. The van der Waals surface area contributed by atoms with Crippen molar-refractivity contribution < 1.29 is 4.79 Å². The Kier molecular flexibility index (Phi) is 3.20. The molecule has 0 saturated heterocycles. The van der Waals surface area contributed by atoms with Gasteiger partial charge in [0.1, 0.15) is 11.6 Å². The summed E-state index contributed by atoms with van der Waals surface area (Å²) in [6.07, 6.45) is 5.17. The highest BCUT2D eigenvalue weighted by molar-refractivity contribution is 5.92. The maximum atomic E-state index is 11.3. The molecule has 0 amide bonds. The molecule has 0 aliphatic heterocycles. The van der Waals surface area contributed by atoms with Crippen LogP contribution in [-0.4, -0.2) is 23.9 Å². The predicted octanol–water partition coefficient (Wildman–Crippen LogP) is 3.18. The van der Waals surface area contributed by atoms with E-state index < -0.39 is 0 Å². The van der Waals surface area contributed by atoms with E-state index in [1.807, 2.05) is 24.4 Å². The number of benzene rings is 1. The third kappa shape index (κ3) is 2.33. The molecule has 98 valence electrons. The lowest BCUT2D eigenvalue weighted by molar-refractivity contribution is -0.120. The Balaban J connectivity index is 1.93. The number of fused-ring (bicyclic) bond motifs is 1. The molecule has 1 saturated carbocycles. The van der Waals surface area contributed by atoms with Crippen molar-refractivity contribution in [1.82, 2.24) is 4.98 Å². The predicted molar refractivity (Wildman–Crippen MR) is 77.4 cm³/mol. The number of carbonyl (C=O) groups is 1. The van der Waals surface area contributed by atoms with Crippen LogP contribution in [0.15, 0.2) is 36.5 Å². The molecule has 3 nitrogen and oxygen atoms in total. The summed E-state index contributed by atoms with van der Waals surface area (Å²) in [7, 11) is 2.09. The van der Waals surface area contributed by atoms with Crippen LogP contribution in [0.5, 0.6) is 0 Å².